The maximum absolute atomic E-state index is 12.8. The van der Waals surface area contributed by atoms with E-state index in [-0.39, 0.29) is 5.91 Å². The van der Waals surface area contributed by atoms with E-state index in [4.69, 9.17) is 4.52 Å². The van der Waals surface area contributed by atoms with Gasteiger partial charge in [-0.25, -0.2) is 0 Å². The summed E-state index contributed by atoms with van der Waals surface area (Å²) in [6.45, 7) is 7.15. The maximum Gasteiger partial charge on any atom is 0.253 e. The molecule has 7 nitrogen and oxygen atoms in total. The molecule has 3 rings (SSSR count). The van der Waals surface area contributed by atoms with Crippen molar-refractivity contribution < 1.29 is 9.32 Å². The standard InChI is InChI=1S/C24H35N5O2/c1-4-19(5-2)22-15-21(31-28-22)17-27-24(25-3)26-16-18-10-9-11-20(14-18)23(30)29-12-7-6-8-13-29/h9-11,14-15,19H,4-8,12-13,16-17H2,1-3H3,(H2,25,26,27). The molecule has 0 saturated carbocycles. The number of hydrogen-bond donors (Lipinski definition) is 2. The van der Waals surface area contributed by atoms with Crippen LogP contribution in [-0.4, -0.2) is 42.1 Å². The highest BCUT2D eigenvalue weighted by molar-refractivity contribution is 5.94. The Balaban J connectivity index is 1.52. The largest absolute Gasteiger partial charge is 0.359 e. The van der Waals surface area contributed by atoms with Crippen molar-refractivity contribution in [2.45, 2.75) is 65.0 Å². The number of rotatable bonds is 8. The van der Waals surface area contributed by atoms with Crippen molar-refractivity contribution >= 4 is 11.9 Å². The lowest BCUT2D eigenvalue weighted by Gasteiger charge is -2.26. The van der Waals surface area contributed by atoms with Gasteiger partial charge in [-0.15, -0.1) is 0 Å². The molecule has 1 saturated heterocycles. The normalized spacial score (nSPS) is 14.7. The average Bonchev–Trinajstić information content (AvgIpc) is 3.29. The fourth-order valence-corrected chi connectivity index (χ4v) is 3.98. The van der Waals surface area contributed by atoms with Gasteiger partial charge < -0.3 is 20.1 Å². The van der Waals surface area contributed by atoms with Crippen molar-refractivity contribution in [2.24, 2.45) is 4.99 Å². The predicted octanol–water partition coefficient (Wildman–Crippen LogP) is 4.07. The highest BCUT2D eigenvalue weighted by Gasteiger charge is 2.18. The summed E-state index contributed by atoms with van der Waals surface area (Å²) >= 11 is 0. The van der Waals surface area contributed by atoms with Crippen LogP contribution in [0.2, 0.25) is 0 Å². The van der Waals surface area contributed by atoms with E-state index >= 15 is 0 Å². The molecule has 0 spiro atoms. The summed E-state index contributed by atoms with van der Waals surface area (Å²) in [6, 6.07) is 9.85. The highest BCUT2D eigenvalue weighted by atomic mass is 16.5. The Morgan fingerprint density at radius 3 is 2.58 bits per heavy atom. The molecule has 31 heavy (non-hydrogen) atoms. The zero-order chi connectivity index (χ0) is 22.1. The molecule has 1 aliphatic rings. The van der Waals surface area contributed by atoms with Crippen LogP contribution in [0.5, 0.6) is 0 Å². The molecular formula is C24H35N5O2. The van der Waals surface area contributed by atoms with Crippen molar-refractivity contribution in [3.8, 4) is 0 Å². The van der Waals surface area contributed by atoms with Gasteiger partial charge in [0, 0.05) is 44.2 Å². The van der Waals surface area contributed by atoms with Gasteiger partial charge in [-0.05, 0) is 49.8 Å². The van der Waals surface area contributed by atoms with Crippen LogP contribution in [-0.2, 0) is 13.1 Å². The molecule has 0 bridgehead atoms. The van der Waals surface area contributed by atoms with Gasteiger partial charge in [-0.3, -0.25) is 9.79 Å². The van der Waals surface area contributed by atoms with Crippen LogP contribution in [0.15, 0.2) is 39.8 Å². The summed E-state index contributed by atoms with van der Waals surface area (Å²) < 4.78 is 5.47. The second-order valence-corrected chi connectivity index (χ2v) is 8.06. The van der Waals surface area contributed by atoms with Gasteiger partial charge in [0.1, 0.15) is 0 Å². The number of hydrogen-bond acceptors (Lipinski definition) is 4. The van der Waals surface area contributed by atoms with Gasteiger partial charge in [-0.2, -0.15) is 0 Å². The third kappa shape index (κ3) is 6.32. The summed E-state index contributed by atoms with van der Waals surface area (Å²) in [5, 5.41) is 10.8. The van der Waals surface area contributed by atoms with E-state index in [1.165, 1.54) is 6.42 Å². The van der Waals surface area contributed by atoms with Gasteiger partial charge in [0.2, 0.25) is 0 Å². The van der Waals surface area contributed by atoms with Crippen LogP contribution in [0.1, 0.15) is 79.2 Å². The highest BCUT2D eigenvalue weighted by Crippen LogP contribution is 2.22. The third-order valence-electron chi connectivity index (χ3n) is 5.91. The first-order valence-corrected chi connectivity index (χ1v) is 11.4. The van der Waals surface area contributed by atoms with E-state index in [9.17, 15) is 4.79 Å². The predicted molar refractivity (Wildman–Crippen MR) is 123 cm³/mol. The zero-order valence-electron chi connectivity index (χ0n) is 19.0. The minimum absolute atomic E-state index is 0.127. The summed E-state index contributed by atoms with van der Waals surface area (Å²) in [4.78, 5) is 19.0. The Morgan fingerprint density at radius 2 is 1.87 bits per heavy atom. The van der Waals surface area contributed by atoms with Gasteiger partial charge in [-0.1, -0.05) is 31.1 Å². The van der Waals surface area contributed by atoms with E-state index in [1.54, 1.807) is 7.05 Å². The lowest BCUT2D eigenvalue weighted by molar-refractivity contribution is 0.0724. The first-order chi connectivity index (χ1) is 15.1. The van der Waals surface area contributed by atoms with E-state index in [2.05, 4.69) is 34.6 Å². The van der Waals surface area contributed by atoms with Crippen LogP contribution in [0.4, 0.5) is 0 Å². The molecule has 1 amide bonds. The number of aliphatic imine (C=N–C) groups is 1. The van der Waals surface area contributed by atoms with Crippen molar-refractivity contribution in [1.82, 2.24) is 20.7 Å². The van der Waals surface area contributed by atoms with E-state index in [0.717, 1.165) is 61.4 Å². The Kier molecular flexibility index (Phi) is 8.50. The smallest absolute Gasteiger partial charge is 0.253 e. The van der Waals surface area contributed by atoms with E-state index in [1.807, 2.05) is 35.2 Å². The van der Waals surface area contributed by atoms with Crippen molar-refractivity contribution in [2.75, 3.05) is 20.1 Å². The van der Waals surface area contributed by atoms with Crippen molar-refractivity contribution in [3.05, 3.63) is 52.9 Å². The molecule has 0 unspecified atom stereocenters. The molecule has 1 aliphatic heterocycles. The number of nitrogens with one attached hydrogen (secondary N) is 2. The summed E-state index contributed by atoms with van der Waals surface area (Å²) in [7, 11) is 1.74. The second-order valence-electron chi connectivity index (χ2n) is 8.06. The lowest BCUT2D eigenvalue weighted by atomic mass is 9.99. The topological polar surface area (TPSA) is 82.8 Å². The lowest BCUT2D eigenvalue weighted by Crippen LogP contribution is -2.36. The first-order valence-electron chi connectivity index (χ1n) is 11.4. The molecule has 2 N–H and O–H groups in total. The molecule has 2 aromatic rings. The molecule has 1 fully saturated rings. The van der Waals surface area contributed by atoms with Crippen LogP contribution in [0.3, 0.4) is 0 Å². The minimum Gasteiger partial charge on any atom is -0.359 e. The Morgan fingerprint density at radius 1 is 1.13 bits per heavy atom. The van der Waals surface area contributed by atoms with Crippen molar-refractivity contribution in [3.63, 3.8) is 0 Å². The zero-order valence-corrected chi connectivity index (χ0v) is 19.0. The van der Waals surface area contributed by atoms with Gasteiger partial charge >= 0.3 is 0 Å². The van der Waals surface area contributed by atoms with E-state index in [0.29, 0.717) is 25.0 Å². The van der Waals surface area contributed by atoms with E-state index < -0.39 is 0 Å². The molecular weight excluding hydrogens is 390 g/mol. The van der Waals surface area contributed by atoms with Gasteiger partial charge in [0.05, 0.1) is 12.2 Å². The SMILES string of the molecule is CCC(CC)c1cc(CNC(=NC)NCc2cccc(C(=O)N3CCCCC3)c2)on1. The fourth-order valence-electron chi connectivity index (χ4n) is 3.98. The molecule has 1 aromatic heterocycles. The quantitative estimate of drug-likeness (QED) is 0.492. The van der Waals surface area contributed by atoms with Crippen LogP contribution in [0.25, 0.3) is 0 Å². The molecule has 168 valence electrons. The molecule has 0 aliphatic carbocycles. The monoisotopic (exact) mass is 425 g/mol. The molecule has 1 aromatic carbocycles. The summed E-state index contributed by atoms with van der Waals surface area (Å²) in [5.74, 6) is 2.03. The maximum atomic E-state index is 12.8. The van der Waals surface area contributed by atoms with Gasteiger partial charge in [0.15, 0.2) is 11.7 Å². The number of carbonyl (C=O) groups excluding carboxylic acids is 1. The number of carbonyl (C=O) groups is 1. The molecule has 7 heteroatoms. The third-order valence-corrected chi connectivity index (χ3v) is 5.91. The number of amides is 1. The van der Waals surface area contributed by atoms with Crippen LogP contribution < -0.4 is 10.6 Å². The van der Waals surface area contributed by atoms with Gasteiger partial charge in [0.25, 0.3) is 5.91 Å². The molecule has 0 atom stereocenters. The van der Waals surface area contributed by atoms with Crippen LogP contribution in [0, 0.1) is 0 Å². The number of nitrogens with zero attached hydrogens (tertiary/aromatic N) is 3. The Bertz CT molecular complexity index is 866. The number of guanidine groups is 1. The number of piperidine rings is 1. The average molecular weight is 426 g/mol. The number of likely N-dealkylation sites (tertiary alicyclic amines) is 1. The number of aromatic nitrogens is 1. The minimum atomic E-state index is 0.127. The first kappa shape index (κ1) is 22.8. The van der Waals surface area contributed by atoms with Crippen molar-refractivity contribution in [1.29, 1.82) is 0 Å². The second kappa shape index (κ2) is 11.5. The number of benzene rings is 1. The Labute approximate surface area is 185 Å². The summed E-state index contributed by atoms with van der Waals surface area (Å²) in [5.41, 5.74) is 2.81. The fraction of sp³-hybridized carbons (Fsp3) is 0.542. The Hall–Kier alpha value is -2.83. The molecule has 2 heterocycles. The molecule has 0 radical (unpaired) electrons. The van der Waals surface area contributed by atoms with Crippen LogP contribution >= 0.6 is 0 Å². The summed E-state index contributed by atoms with van der Waals surface area (Å²) in [6.07, 6.45) is 5.52.